The summed E-state index contributed by atoms with van der Waals surface area (Å²) in [6, 6.07) is 11.5. The fraction of sp³-hybridized carbons (Fsp3) is 0.273. The lowest BCUT2D eigenvalue weighted by Crippen LogP contribution is -2.33. The van der Waals surface area contributed by atoms with E-state index in [-0.39, 0.29) is 36.0 Å². The Morgan fingerprint density at radius 1 is 1.13 bits per heavy atom. The highest BCUT2D eigenvalue weighted by atomic mass is 16.5. The molecule has 31 heavy (non-hydrogen) atoms. The Kier molecular flexibility index (Phi) is 6.54. The monoisotopic (exact) mass is 424 g/mol. The van der Waals surface area contributed by atoms with Gasteiger partial charge in [0.15, 0.2) is 0 Å². The molecule has 0 radical (unpaired) electrons. The molecule has 2 aromatic carbocycles. The van der Waals surface area contributed by atoms with E-state index in [0.717, 1.165) is 5.56 Å². The predicted octanol–water partition coefficient (Wildman–Crippen LogP) is 2.61. The molecule has 0 aliphatic carbocycles. The predicted molar refractivity (Wildman–Crippen MR) is 116 cm³/mol. The Balaban J connectivity index is 1.81. The lowest BCUT2D eigenvalue weighted by Gasteiger charge is -2.21. The molecule has 3 rings (SSSR count). The van der Waals surface area contributed by atoms with Gasteiger partial charge in [-0.3, -0.25) is 20.0 Å². The number of aliphatic carboxylic acids is 1. The molecule has 2 aromatic rings. The van der Waals surface area contributed by atoms with Crippen molar-refractivity contribution in [3.8, 4) is 0 Å². The topological polar surface area (TPSA) is 137 Å². The number of esters is 1. The van der Waals surface area contributed by atoms with Crippen LogP contribution in [0.5, 0.6) is 0 Å². The largest absolute Gasteiger partial charge is 0.481 e. The summed E-state index contributed by atoms with van der Waals surface area (Å²) in [6.45, 7) is 2.75. The van der Waals surface area contributed by atoms with Crippen LogP contribution in [0.3, 0.4) is 0 Å². The molecule has 1 fully saturated rings. The number of nitrogens with two attached hydrogens (primary N) is 1. The van der Waals surface area contributed by atoms with Crippen molar-refractivity contribution in [3.05, 3.63) is 59.2 Å². The minimum atomic E-state index is -0.857. The van der Waals surface area contributed by atoms with Gasteiger partial charge in [-0.05, 0) is 49.2 Å². The van der Waals surface area contributed by atoms with Gasteiger partial charge in [-0.1, -0.05) is 12.1 Å². The van der Waals surface area contributed by atoms with Crippen LogP contribution in [0.4, 0.5) is 16.2 Å². The van der Waals surface area contributed by atoms with Crippen molar-refractivity contribution in [1.29, 1.82) is 5.41 Å². The number of amides is 2. The summed E-state index contributed by atoms with van der Waals surface area (Å²) in [4.78, 5) is 38.9. The molecular formula is C22H24N4O5. The zero-order valence-corrected chi connectivity index (χ0v) is 17.1. The lowest BCUT2D eigenvalue weighted by atomic mass is 10.1. The maximum absolute atomic E-state index is 13.1. The molecule has 1 heterocycles. The van der Waals surface area contributed by atoms with Gasteiger partial charge in [0.1, 0.15) is 5.84 Å². The number of ether oxygens (including phenoxy) is 1. The average molecular weight is 424 g/mol. The van der Waals surface area contributed by atoms with Crippen LogP contribution in [0.1, 0.15) is 34.8 Å². The van der Waals surface area contributed by atoms with E-state index in [1.807, 2.05) is 12.1 Å². The SMILES string of the molecule is CCOC(=O)c1ccc(N2CCN(c3ccc(CCC(=O)O)cc3)C2=O)c(C(=N)N)c1. The molecule has 0 saturated carbocycles. The lowest BCUT2D eigenvalue weighted by molar-refractivity contribution is -0.136. The molecule has 0 bridgehead atoms. The van der Waals surface area contributed by atoms with Crippen LogP contribution in [-0.2, 0) is 16.0 Å². The molecule has 1 saturated heterocycles. The summed E-state index contributed by atoms with van der Waals surface area (Å²) in [5, 5.41) is 16.7. The van der Waals surface area contributed by atoms with E-state index in [2.05, 4.69) is 0 Å². The number of aryl methyl sites for hydroxylation is 1. The van der Waals surface area contributed by atoms with E-state index in [9.17, 15) is 14.4 Å². The van der Waals surface area contributed by atoms with Crippen LogP contribution in [0.2, 0.25) is 0 Å². The number of carboxylic acid groups (broad SMARTS) is 1. The summed E-state index contributed by atoms with van der Waals surface area (Å²) < 4.78 is 4.99. The first kappa shape index (κ1) is 21.8. The van der Waals surface area contributed by atoms with Crippen LogP contribution in [0.15, 0.2) is 42.5 Å². The van der Waals surface area contributed by atoms with Gasteiger partial charge >= 0.3 is 18.0 Å². The van der Waals surface area contributed by atoms with Crippen molar-refractivity contribution in [3.63, 3.8) is 0 Å². The number of amidine groups is 1. The second-order valence-electron chi connectivity index (χ2n) is 7.01. The van der Waals surface area contributed by atoms with Crippen molar-refractivity contribution < 1.29 is 24.2 Å². The van der Waals surface area contributed by atoms with Crippen molar-refractivity contribution in [1.82, 2.24) is 0 Å². The number of benzene rings is 2. The zero-order chi connectivity index (χ0) is 22.5. The highest BCUT2D eigenvalue weighted by Crippen LogP contribution is 2.29. The number of rotatable bonds is 8. The number of carboxylic acids is 1. The first-order chi connectivity index (χ1) is 14.8. The molecule has 0 spiro atoms. The van der Waals surface area contributed by atoms with Crippen LogP contribution >= 0.6 is 0 Å². The van der Waals surface area contributed by atoms with Gasteiger partial charge < -0.3 is 15.6 Å². The first-order valence-corrected chi connectivity index (χ1v) is 9.87. The average Bonchev–Trinajstić information content (AvgIpc) is 3.13. The molecule has 9 heteroatoms. The molecular weight excluding hydrogens is 400 g/mol. The quantitative estimate of drug-likeness (QED) is 0.338. The molecule has 0 unspecified atom stereocenters. The molecule has 0 atom stereocenters. The van der Waals surface area contributed by atoms with Gasteiger partial charge in [0, 0.05) is 30.8 Å². The van der Waals surface area contributed by atoms with Crippen molar-refractivity contribution in [2.75, 3.05) is 29.5 Å². The molecule has 9 nitrogen and oxygen atoms in total. The van der Waals surface area contributed by atoms with Gasteiger partial charge in [-0.25, -0.2) is 9.59 Å². The minimum Gasteiger partial charge on any atom is -0.481 e. The van der Waals surface area contributed by atoms with Gasteiger partial charge in [-0.15, -0.1) is 0 Å². The summed E-state index contributed by atoms with van der Waals surface area (Å²) in [6.07, 6.45) is 0.468. The maximum Gasteiger partial charge on any atom is 0.338 e. The summed E-state index contributed by atoms with van der Waals surface area (Å²) in [7, 11) is 0. The number of nitrogen functional groups attached to an aromatic ring is 1. The number of hydrogen-bond donors (Lipinski definition) is 3. The van der Waals surface area contributed by atoms with E-state index in [1.165, 1.54) is 11.0 Å². The smallest absolute Gasteiger partial charge is 0.338 e. The minimum absolute atomic E-state index is 0.0470. The Labute approximate surface area is 179 Å². The fourth-order valence-electron chi connectivity index (χ4n) is 3.42. The van der Waals surface area contributed by atoms with E-state index in [0.29, 0.717) is 30.9 Å². The van der Waals surface area contributed by atoms with E-state index in [4.69, 9.17) is 21.0 Å². The van der Waals surface area contributed by atoms with Crippen LogP contribution in [0, 0.1) is 5.41 Å². The van der Waals surface area contributed by atoms with Gasteiger partial charge in [-0.2, -0.15) is 0 Å². The standard InChI is InChI=1S/C22H24N4O5/c1-2-31-21(29)15-6-9-18(17(13-15)20(23)24)26-12-11-25(22(26)30)16-7-3-14(4-8-16)5-10-19(27)28/h3-4,6-9,13H,2,5,10-12H2,1H3,(H3,23,24)(H,27,28). The second-order valence-corrected chi connectivity index (χ2v) is 7.01. The number of hydrogen-bond acceptors (Lipinski definition) is 5. The Morgan fingerprint density at radius 3 is 2.42 bits per heavy atom. The number of urea groups is 1. The highest BCUT2D eigenvalue weighted by Gasteiger charge is 2.32. The zero-order valence-electron chi connectivity index (χ0n) is 17.1. The Bertz CT molecular complexity index is 1020. The molecule has 1 aliphatic heterocycles. The molecule has 2 amide bonds. The van der Waals surface area contributed by atoms with Crippen molar-refractivity contribution in [2.45, 2.75) is 19.8 Å². The molecule has 4 N–H and O–H groups in total. The number of nitrogens with zero attached hydrogens (tertiary/aromatic N) is 2. The van der Waals surface area contributed by atoms with E-state index < -0.39 is 11.9 Å². The normalized spacial score (nSPS) is 13.4. The number of nitrogens with one attached hydrogen (secondary N) is 1. The third-order valence-corrected chi connectivity index (χ3v) is 4.97. The van der Waals surface area contributed by atoms with Crippen LogP contribution in [0.25, 0.3) is 0 Å². The summed E-state index contributed by atoms with van der Waals surface area (Å²) >= 11 is 0. The van der Waals surface area contributed by atoms with E-state index >= 15 is 0 Å². The van der Waals surface area contributed by atoms with Crippen molar-refractivity contribution in [2.24, 2.45) is 5.73 Å². The summed E-state index contributed by atoms with van der Waals surface area (Å²) in [5.41, 5.74) is 8.28. The van der Waals surface area contributed by atoms with Gasteiger partial charge in [0.05, 0.1) is 17.9 Å². The third-order valence-electron chi connectivity index (χ3n) is 4.97. The second kappa shape index (κ2) is 9.29. The van der Waals surface area contributed by atoms with E-state index in [1.54, 1.807) is 36.1 Å². The molecule has 0 aromatic heterocycles. The van der Waals surface area contributed by atoms with Gasteiger partial charge in [0.2, 0.25) is 0 Å². The first-order valence-electron chi connectivity index (χ1n) is 9.87. The number of carbonyl (C=O) groups is 3. The Hall–Kier alpha value is -3.88. The third kappa shape index (κ3) is 4.82. The number of anilines is 2. The van der Waals surface area contributed by atoms with Crippen LogP contribution in [-0.4, -0.2) is 48.6 Å². The maximum atomic E-state index is 13.1. The molecule has 162 valence electrons. The highest BCUT2D eigenvalue weighted by molar-refractivity contribution is 6.11. The van der Waals surface area contributed by atoms with Crippen molar-refractivity contribution >= 4 is 35.2 Å². The fourth-order valence-corrected chi connectivity index (χ4v) is 3.42. The Morgan fingerprint density at radius 2 is 1.81 bits per heavy atom. The van der Waals surface area contributed by atoms with Crippen LogP contribution < -0.4 is 15.5 Å². The summed E-state index contributed by atoms with van der Waals surface area (Å²) in [5.74, 6) is -1.63. The van der Waals surface area contributed by atoms with Gasteiger partial charge in [0.25, 0.3) is 0 Å². The number of carbonyl (C=O) groups excluding carboxylic acids is 2. The molecule has 1 aliphatic rings.